The SMILES string of the molecule is CCCc1[nH]nc(CCc2ccc(OC)cc2)c1NC(=O)Cc1ccc(F)cc1. The zero-order valence-corrected chi connectivity index (χ0v) is 16.8. The van der Waals surface area contributed by atoms with Gasteiger partial charge >= 0.3 is 0 Å². The average molecular weight is 395 g/mol. The quantitative estimate of drug-likeness (QED) is 0.561. The summed E-state index contributed by atoms with van der Waals surface area (Å²) in [5.74, 6) is 0.378. The third-order valence-corrected chi connectivity index (χ3v) is 4.77. The van der Waals surface area contributed by atoms with Gasteiger partial charge in [0.15, 0.2) is 0 Å². The van der Waals surface area contributed by atoms with Crippen LogP contribution in [0.25, 0.3) is 0 Å². The Hall–Kier alpha value is -3.15. The van der Waals surface area contributed by atoms with Gasteiger partial charge < -0.3 is 10.1 Å². The lowest BCUT2D eigenvalue weighted by atomic mass is 10.1. The smallest absolute Gasteiger partial charge is 0.228 e. The Labute approximate surface area is 170 Å². The lowest BCUT2D eigenvalue weighted by Gasteiger charge is -2.09. The van der Waals surface area contributed by atoms with Gasteiger partial charge in [-0.25, -0.2) is 4.39 Å². The molecule has 0 unspecified atom stereocenters. The molecule has 3 rings (SSSR count). The summed E-state index contributed by atoms with van der Waals surface area (Å²) in [6.07, 6.45) is 3.46. The predicted octanol–water partition coefficient (Wildman–Crippen LogP) is 4.48. The van der Waals surface area contributed by atoms with Crippen molar-refractivity contribution >= 4 is 11.6 Å². The van der Waals surface area contributed by atoms with Gasteiger partial charge in [-0.2, -0.15) is 5.10 Å². The molecule has 0 radical (unpaired) electrons. The number of amides is 1. The molecule has 1 amide bonds. The number of rotatable bonds is 9. The minimum Gasteiger partial charge on any atom is -0.497 e. The molecule has 1 aromatic heterocycles. The molecule has 0 saturated carbocycles. The molecule has 2 N–H and O–H groups in total. The number of anilines is 1. The predicted molar refractivity (Wildman–Crippen MR) is 112 cm³/mol. The van der Waals surface area contributed by atoms with Gasteiger partial charge in [-0.1, -0.05) is 37.6 Å². The third kappa shape index (κ3) is 5.67. The Kier molecular flexibility index (Phi) is 7.00. The van der Waals surface area contributed by atoms with Crippen LogP contribution in [-0.2, 0) is 30.5 Å². The molecular formula is C23H26FN3O2. The molecule has 152 valence electrons. The van der Waals surface area contributed by atoms with Gasteiger partial charge in [0.1, 0.15) is 11.6 Å². The first kappa shape index (κ1) is 20.6. The van der Waals surface area contributed by atoms with Crippen LogP contribution in [0.5, 0.6) is 5.75 Å². The van der Waals surface area contributed by atoms with E-state index < -0.39 is 0 Å². The molecule has 5 nitrogen and oxygen atoms in total. The van der Waals surface area contributed by atoms with Gasteiger partial charge in [0.25, 0.3) is 0 Å². The highest BCUT2D eigenvalue weighted by atomic mass is 19.1. The lowest BCUT2D eigenvalue weighted by Crippen LogP contribution is -2.16. The van der Waals surface area contributed by atoms with Gasteiger partial charge in [-0.3, -0.25) is 9.89 Å². The monoisotopic (exact) mass is 395 g/mol. The number of halogens is 1. The Morgan fingerprint density at radius 3 is 2.38 bits per heavy atom. The van der Waals surface area contributed by atoms with E-state index >= 15 is 0 Å². The average Bonchev–Trinajstić information content (AvgIpc) is 3.10. The Bertz CT molecular complexity index is 934. The number of ether oxygens (including phenoxy) is 1. The van der Waals surface area contributed by atoms with Gasteiger partial charge in [-0.15, -0.1) is 0 Å². The van der Waals surface area contributed by atoms with Crippen LogP contribution in [-0.4, -0.2) is 23.2 Å². The number of nitrogens with one attached hydrogen (secondary N) is 2. The molecule has 3 aromatic rings. The summed E-state index contributed by atoms with van der Waals surface area (Å²) in [4.78, 5) is 12.6. The molecule has 0 bridgehead atoms. The summed E-state index contributed by atoms with van der Waals surface area (Å²) in [5.41, 5.74) is 4.49. The number of H-pyrrole nitrogens is 1. The van der Waals surface area contributed by atoms with Crippen molar-refractivity contribution in [2.75, 3.05) is 12.4 Å². The number of hydrogen-bond donors (Lipinski definition) is 2. The summed E-state index contributed by atoms with van der Waals surface area (Å²) in [6.45, 7) is 2.09. The van der Waals surface area contributed by atoms with Crippen LogP contribution in [0, 0.1) is 5.82 Å². The molecule has 0 aliphatic carbocycles. The maximum atomic E-state index is 13.1. The van der Waals surface area contributed by atoms with E-state index in [1.807, 2.05) is 24.3 Å². The van der Waals surface area contributed by atoms with E-state index in [1.54, 1.807) is 19.2 Å². The number of aromatic nitrogens is 2. The Balaban J connectivity index is 1.69. The van der Waals surface area contributed by atoms with E-state index in [0.29, 0.717) is 6.42 Å². The molecule has 1 heterocycles. The number of carbonyl (C=O) groups is 1. The second-order valence-corrected chi connectivity index (χ2v) is 6.97. The van der Waals surface area contributed by atoms with Crippen LogP contribution in [0.1, 0.15) is 35.9 Å². The molecule has 6 heteroatoms. The van der Waals surface area contributed by atoms with Crippen molar-refractivity contribution < 1.29 is 13.9 Å². The summed E-state index contributed by atoms with van der Waals surface area (Å²) >= 11 is 0. The van der Waals surface area contributed by atoms with E-state index in [1.165, 1.54) is 17.7 Å². The molecule has 29 heavy (non-hydrogen) atoms. The second kappa shape index (κ2) is 9.87. The fourth-order valence-corrected chi connectivity index (χ4v) is 3.21. The van der Waals surface area contributed by atoms with Crippen LogP contribution >= 0.6 is 0 Å². The molecule has 0 saturated heterocycles. The van der Waals surface area contributed by atoms with E-state index in [2.05, 4.69) is 22.4 Å². The molecule has 0 aliphatic heterocycles. The minimum absolute atomic E-state index is 0.138. The van der Waals surface area contributed by atoms with Gasteiger partial charge in [0.05, 0.1) is 30.6 Å². The summed E-state index contributed by atoms with van der Waals surface area (Å²) in [6, 6.07) is 13.9. The number of benzene rings is 2. The number of hydrogen-bond acceptors (Lipinski definition) is 3. The van der Waals surface area contributed by atoms with E-state index in [-0.39, 0.29) is 18.1 Å². The van der Waals surface area contributed by atoms with Crippen LogP contribution < -0.4 is 10.1 Å². The van der Waals surface area contributed by atoms with E-state index in [9.17, 15) is 9.18 Å². The van der Waals surface area contributed by atoms with Crippen molar-refractivity contribution in [1.82, 2.24) is 10.2 Å². The number of methoxy groups -OCH3 is 1. The third-order valence-electron chi connectivity index (χ3n) is 4.77. The van der Waals surface area contributed by atoms with Gasteiger partial charge in [-0.05, 0) is 54.7 Å². The maximum Gasteiger partial charge on any atom is 0.228 e. The van der Waals surface area contributed by atoms with Crippen molar-refractivity contribution in [2.24, 2.45) is 0 Å². The van der Waals surface area contributed by atoms with Crippen LogP contribution in [0.4, 0.5) is 10.1 Å². The van der Waals surface area contributed by atoms with Gasteiger partial charge in [0, 0.05) is 0 Å². The highest BCUT2D eigenvalue weighted by molar-refractivity contribution is 5.93. The van der Waals surface area contributed by atoms with Gasteiger partial charge in [0.2, 0.25) is 5.91 Å². The van der Waals surface area contributed by atoms with Crippen LogP contribution in [0.15, 0.2) is 48.5 Å². The first-order chi connectivity index (χ1) is 14.1. The van der Waals surface area contributed by atoms with Crippen molar-refractivity contribution in [1.29, 1.82) is 0 Å². The lowest BCUT2D eigenvalue weighted by molar-refractivity contribution is -0.115. The summed E-state index contributed by atoms with van der Waals surface area (Å²) in [7, 11) is 1.65. The maximum absolute atomic E-state index is 13.1. The Morgan fingerprint density at radius 2 is 1.72 bits per heavy atom. The summed E-state index contributed by atoms with van der Waals surface area (Å²) < 4.78 is 18.3. The highest BCUT2D eigenvalue weighted by Crippen LogP contribution is 2.22. The fourth-order valence-electron chi connectivity index (χ4n) is 3.21. The topological polar surface area (TPSA) is 67.0 Å². The van der Waals surface area contributed by atoms with Crippen LogP contribution in [0.3, 0.4) is 0 Å². The normalized spacial score (nSPS) is 10.7. The minimum atomic E-state index is -0.310. The van der Waals surface area contributed by atoms with Crippen LogP contribution in [0.2, 0.25) is 0 Å². The van der Waals surface area contributed by atoms with E-state index in [4.69, 9.17) is 4.74 Å². The zero-order valence-electron chi connectivity index (χ0n) is 16.8. The largest absolute Gasteiger partial charge is 0.497 e. The molecule has 0 aliphatic rings. The highest BCUT2D eigenvalue weighted by Gasteiger charge is 2.16. The molecule has 0 spiro atoms. The van der Waals surface area contributed by atoms with Crippen molar-refractivity contribution in [3.05, 3.63) is 76.9 Å². The van der Waals surface area contributed by atoms with E-state index in [0.717, 1.165) is 47.7 Å². The molecular weight excluding hydrogens is 369 g/mol. The number of nitrogens with zero attached hydrogens (tertiary/aromatic N) is 1. The number of aryl methyl sites for hydroxylation is 3. The standard InChI is InChI=1S/C23H26FN3O2/c1-3-4-20-23(25-22(28)15-17-5-10-18(24)11-6-17)21(27-26-20)14-9-16-7-12-19(29-2)13-8-16/h5-8,10-13H,3-4,9,14-15H2,1-2H3,(H,25,28)(H,26,27). The number of carbonyl (C=O) groups excluding carboxylic acids is 1. The van der Waals surface area contributed by atoms with Crippen molar-refractivity contribution in [3.63, 3.8) is 0 Å². The zero-order chi connectivity index (χ0) is 20.6. The number of aromatic amines is 1. The summed E-state index contributed by atoms with van der Waals surface area (Å²) in [5, 5.41) is 10.5. The Morgan fingerprint density at radius 1 is 1.03 bits per heavy atom. The molecule has 2 aromatic carbocycles. The fraction of sp³-hybridized carbons (Fsp3) is 0.304. The molecule has 0 atom stereocenters. The van der Waals surface area contributed by atoms with Crippen molar-refractivity contribution in [2.45, 2.75) is 39.0 Å². The second-order valence-electron chi connectivity index (χ2n) is 6.97. The molecule has 0 fully saturated rings. The first-order valence-corrected chi connectivity index (χ1v) is 9.82. The van der Waals surface area contributed by atoms with Crippen molar-refractivity contribution in [3.8, 4) is 5.75 Å². The first-order valence-electron chi connectivity index (χ1n) is 9.82.